The maximum atomic E-state index is 12.7. The molecule has 2 aromatic carbocycles. The number of hydrazone groups is 1. The van der Waals surface area contributed by atoms with Crippen LogP contribution in [0.15, 0.2) is 63.0 Å². The lowest BCUT2D eigenvalue weighted by Crippen LogP contribution is -2.36. The lowest BCUT2D eigenvalue weighted by Gasteiger charge is -2.25. The van der Waals surface area contributed by atoms with E-state index in [0.29, 0.717) is 13.1 Å². The van der Waals surface area contributed by atoms with Gasteiger partial charge in [-0.25, -0.2) is 13.8 Å². The van der Waals surface area contributed by atoms with Gasteiger partial charge in [-0.2, -0.15) is 9.41 Å². The van der Waals surface area contributed by atoms with E-state index in [4.69, 9.17) is 0 Å². The van der Waals surface area contributed by atoms with Crippen LogP contribution < -0.4 is 10.7 Å². The predicted octanol–water partition coefficient (Wildman–Crippen LogP) is 2.50. The predicted molar refractivity (Wildman–Crippen MR) is 121 cm³/mol. The van der Waals surface area contributed by atoms with Crippen molar-refractivity contribution in [1.82, 2.24) is 15.0 Å². The van der Waals surface area contributed by atoms with Crippen LogP contribution in [0.4, 0.5) is 0 Å². The monoisotopic (exact) mass is 506 g/mol. The summed E-state index contributed by atoms with van der Waals surface area (Å²) in [5.74, 6) is -0.958. The van der Waals surface area contributed by atoms with E-state index in [1.807, 2.05) is 24.3 Å². The van der Waals surface area contributed by atoms with Gasteiger partial charge in [0.2, 0.25) is 10.0 Å². The highest BCUT2D eigenvalue weighted by Gasteiger charge is 2.25. The molecule has 0 unspecified atom stereocenters. The van der Waals surface area contributed by atoms with Gasteiger partial charge >= 0.3 is 0 Å². The molecular weight excluding hydrogens is 484 g/mol. The van der Waals surface area contributed by atoms with Crippen molar-refractivity contribution in [3.05, 3.63) is 64.1 Å². The second-order valence-electron chi connectivity index (χ2n) is 7.02. The maximum absolute atomic E-state index is 12.7. The molecule has 31 heavy (non-hydrogen) atoms. The van der Waals surface area contributed by atoms with Gasteiger partial charge in [0.15, 0.2) is 0 Å². The molecule has 0 atom stereocenters. The van der Waals surface area contributed by atoms with Crippen LogP contribution in [0.1, 0.15) is 35.2 Å². The second-order valence-corrected chi connectivity index (χ2v) is 9.87. The van der Waals surface area contributed by atoms with E-state index in [9.17, 15) is 18.0 Å². The fraction of sp³-hybridized carbons (Fsp3) is 0.286. The van der Waals surface area contributed by atoms with Crippen LogP contribution in [0.2, 0.25) is 0 Å². The second kappa shape index (κ2) is 10.7. The molecule has 2 N–H and O–H groups in total. The summed E-state index contributed by atoms with van der Waals surface area (Å²) >= 11 is 3.34. The van der Waals surface area contributed by atoms with Gasteiger partial charge in [0.1, 0.15) is 0 Å². The molecule has 1 aliphatic rings. The number of halogens is 1. The number of hydrogen-bond donors (Lipinski definition) is 2. The van der Waals surface area contributed by atoms with Gasteiger partial charge in [-0.15, -0.1) is 0 Å². The van der Waals surface area contributed by atoms with E-state index in [1.165, 1.54) is 34.8 Å². The van der Waals surface area contributed by atoms with Crippen molar-refractivity contribution >= 4 is 44.0 Å². The normalized spacial score (nSPS) is 15.0. The zero-order chi connectivity index (χ0) is 22.3. The fourth-order valence-electron chi connectivity index (χ4n) is 3.06. The minimum absolute atomic E-state index is 0.158. The largest absolute Gasteiger partial charge is 0.343 e. The zero-order valence-corrected chi connectivity index (χ0v) is 19.2. The van der Waals surface area contributed by atoms with E-state index in [-0.39, 0.29) is 17.0 Å². The fourth-order valence-corrected chi connectivity index (χ4v) is 4.84. The first-order valence-electron chi connectivity index (χ1n) is 9.82. The molecule has 0 radical (unpaired) electrons. The molecule has 0 bridgehead atoms. The lowest BCUT2D eigenvalue weighted by atomic mass is 10.2. The third-order valence-corrected chi connectivity index (χ3v) is 7.19. The Labute approximate surface area is 189 Å². The van der Waals surface area contributed by atoms with Crippen molar-refractivity contribution in [2.75, 3.05) is 19.6 Å². The molecule has 0 spiro atoms. The molecule has 2 aromatic rings. The lowest BCUT2D eigenvalue weighted by molar-refractivity contribution is -0.120. The van der Waals surface area contributed by atoms with Crippen LogP contribution in [0.25, 0.3) is 0 Å². The first kappa shape index (κ1) is 23.1. The Morgan fingerprint density at radius 3 is 2.29 bits per heavy atom. The Bertz CT molecular complexity index is 1050. The number of piperidine rings is 1. The summed E-state index contributed by atoms with van der Waals surface area (Å²) in [6.07, 6.45) is 4.24. The summed E-state index contributed by atoms with van der Waals surface area (Å²) in [7, 11) is -3.55. The number of benzene rings is 2. The smallest absolute Gasteiger partial charge is 0.259 e. The standard InChI is InChI=1S/C21H23BrN4O4S/c22-18-8-4-16(5-9-18)14-24-25-20(27)15-23-21(28)17-6-10-19(11-7-17)31(29,30)26-12-2-1-3-13-26/h4-11,14H,1-3,12-13,15H2,(H,23,28)(H,25,27)/b24-14+. The molecule has 10 heteroatoms. The Kier molecular flexibility index (Phi) is 7.94. The quantitative estimate of drug-likeness (QED) is 0.444. The molecular formula is C21H23BrN4O4S. The van der Waals surface area contributed by atoms with E-state index in [1.54, 1.807) is 0 Å². The van der Waals surface area contributed by atoms with E-state index in [0.717, 1.165) is 29.3 Å². The van der Waals surface area contributed by atoms with E-state index < -0.39 is 21.8 Å². The summed E-state index contributed by atoms with van der Waals surface area (Å²) in [5, 5.41) is 6.33. The van der Waals surface area contributed by atoms with Gasteiger partial charge < -0.3 is 5.32 Å². The van der Waals surface area contributed by atoms with Crippen LogP contribution in [0.5, 0.6) is 0 Å². The number of nitrogens with zero attached hydrogens (tertiary/aromatic N) is 2. The Morgan fingerprint density at radius 2 is 1.65 bits per heavy atom. The number of hydrogen-bond acceptors (Lipinski definition) is 5. The van der Waals surface area contributed by atoms with E-state index in [2.05, 4.69) is 31.8 Å². The molecule has 164 valence electrons. The molecule has 1 heterocycles. The first-order chi connectivity index (χ1) is 14.9. The third-order valence-electron chi connectivity index (χ3n) is 4.75. The van der Waals surface area contributed by atoms with Gasteiger partial charge in [0, 0.05) is 23.1 Å². The highest BCUT2D eigenvalue weighted by Crippen LogP contribution is 2.20. The van der Waals surface area contributed by atoms with Gasteiger partial charge in [-0.05, 0) is 54.8 Å². The minimum atomic E-state index is -3.55. The van der Waals surface area contributed by atoms with Crippen molar-refractivity contribution in [2.24, 2.45) is 5.10 Å². The average molecular weight is 507 g/mol. The number of rotatable bonds is 7. The van der Waals surface area contributed by atoms with Crippen LogP contribution >= 0.6 is 15.9 Å². The Hall–Kier alpha value is -2.56. The third kappa shape index (κ3) is 6.46. The first-order valence-corrected chi connectivity index (χ1v) is 12.1. The van der Waals surface area contributed by atoms with Crippen molar-refractivity contribution in [1.29, 1.82) is 0 Å². The number of carbonyl (C=O) groups excluding carboxylic acids is 2. The highest BCUT2D eigenvalue weighted by atomic mass is 79.9. The molecule has 1 aliphatic heterocycles. The number of nitrogens with one attached hydrogen (secondary N) is 2. The number of amides is 2. The van der Waals surface area contributed by atoms with Crippen molar-refractivity contribution in [3.63, 3.8) is 0 Å². The van der Waals surface area contributed by atoms with Crippen LogP contribution in [0, 0.1) is 0 Å². The van der Waals surface area contributed by atoms with Gasteiger partial charge in [-0.3, -0.25) is 9.59 Å². The van der Waals surface area contributed by atoms with Crippen molar-refractivity contribution in [2.45, 2.75) is 24.2 Å². The summed E-state index contributed by atoms with van der Waals surface area (Å²) in [4.78, 5) is 24.3. The van der Waals surface area contributed by atoms with E-state index >= 15 is 0 Å². The van der Waals surface area contributed by atoms with Crippen molar-refractivity contribution in [3.8, 4) is 0 Å². The number of sulfonamides is 1. The van der Waals surface area contributed by atoms with Gasteiger partial charge in [0.05, 0.1) is 17.7 Å². The number of carbonyl (C=O) groups is 2. The molecule has 8 nitrogen and oxygen atoms in total. The highest BCUT2D eigenvalue weighted by molar-refractivity contribution is 9.10. The average Bonchev–Trinajstić information content (AvgIpc) is 2.79. The molecule has 1 saturated heterocycles. The summed E-state index contributed by atoms with van der Waals surface area (Å²) in [5.41, 5.74) is 3.42. The Morgan fingerprint density at radius 1 is 1.00 bits per heavy atom. The van der Waals surface area contributed by atoms with Crippen LogP contribution in [-0.2, 0) is 14.8 Å². The van der Waals surface area contributed by atoms with Crippen LogP contribution in [0.3, 0.4) is 0 Å². The topological polar surface area (TPSA) is 108 Å². The van der Waals surface area contributed by atoms with Gasteiger partial charge in [0.25, 0.3) is 11.8 Å². The molecule has 0 saturated carbocycles. The molecule has 0 aliphatic carbocycles. The van der Waals surface area contributed by atoms with Crippen molar-refractivity contribution < 1.29 is 18.0 Å². The zero-order valence-electron chi connectivity index (χ0n) is 16.8. The summed E-state index contributed by atoms with van der Waals surface area (Å²) in [6, 6.07) is 13.1. The molecule has 1 fully saturated rings. The molecule has 3 rings (SSSR count). The molecule has 0 aromatic heterocycles. The summed E-state index contributed by atoms with van der Waals surface area (Å²) < 4.78 is 27.7. The van der Waals surface area contributed by atoms with Gasteiger partial charge in [-0.1, -0.05) is 34.5 Å². The minimum Gasteiger partial charge on any atom is -0.343 e. The van der Waals surface area contributed by atoms with Crippen LogP contribution in [-0.4, -0.2) is 50.4 Å². The SMILES string of the molecule is O=C(CNC(=O)c1ccc(S(=O)(=O)N2CCCCC2)cc1)N/N=C/c1ccc(Br)cc1. The molecule has 2 amide bonds. The summed E-state index contributed by atoms with van der Waals surface area (Å²) in [6.45, 7) is 0.776. The maximum Gasteiger partial charge on any atom is 0.259 e. The Balaban J connectivity index is 1.50.